The van der Waals surface area contributed by atoms with Crippen LogP contribution >= 0.6 is 0 Å². The topological polar surface area (TPSA) is 36.4 Å². The molecule has 0 amide bonds. The monoisotopic (exact) mass is 183 g/mol. The third-order valence-corrected chi connectivity index (χ3v) is 3.76. The second kappa shape index (κ2) is 2.89. The van der Waals surface area contributed by atoms with Gasteiger partial charge in [-0.1, -0.05) is 27.7 Å². The number of nitrogens with zero attached hydrogens (tertiary/aromatic N) is 1. The average molecular weight is 183 g/mol. The van der Waals surface area contributed by atoms with Gasteiger partial charge in [0.1, 0.15) is 0 Å². The van der Waals surface area contributed by atoms with Crippen LogP contribution in [0.4, 0.5) is 0 Å². The lowest BCUT2D eigenvalue weighted by atomic mass is 10.0. The van der Waals surface area contributed by atoms with Crippen LogP contribution in [0.2, 0.25) is 0 Å². The Hall–Kier alpha value is -0.730. The van der Waals surface area contributed by atoms with E-state index in [1.54, 1.807) is 7.05 Å². The molecule has 0 aromatic rings. The summed E-state index contributed by atoms with van der Waals surface area (Å²) in [6.07, 6.45) is 0. The van der Waals surface area contributed by atoms with Gasteiger partial charge in [0.25, 0.3) is 0 Å². The molecule has 2 N–H and O–H groups in total. The molecule has 0 heterocycles. The predicted molar refractivity (Wildman–Crippen MR) is 56.9 cm³/mol. The molecule has 0 aliphatic heterocycles. The lowest BCUT2D eigenvalue weighted by Gasteiger charge is -2.09. The Bertz CT molecular complexity index is 214. The molecule has 1 rings (SSSR count). The van der Waals surface area contributed by atoms with Crippen LogP contribution in [0.5, 0.6) is 0 Å². The van der Waals surface area contributed by atoms with Crippen molar-refractivity contribution in [1.82, 2.24) is 10.6 Å². The van der Waals surface area contributed by atoms with Crippen molar-refractivity contribution in [3.8, 4) is 0 Å². The van der Waals surface area contributed by atoms with E-state index in [1.165, 1.54) is 0 Å². The second-order valence-electron chi connectivity index (χ2n) is 4.84. The summed E-state index contributed by atoms with van der Waals surface area (Å²) in [5.41, 5.74) is 0.722. The van der Waals surface area contributed by atoms with Crippen LogP contribution in [0.1, 0.15) is 27.7 Å². The number of hydrogen-bond acceptors (Lipinski definition) is 1. The smallest absolute Gasteiger partial charge is 0.190 e. The summed E-state index contributed by atoms with van der Waals surface area (Å²) in [5.74, 6) is 0.878. The average Bonchev–Trinajstić information content (AvgIpc) is 2.41. The highest BCUT2D eigenvalue weighted by atomic mass is 15.2. The van der Waals surface area contributed by atoms with Crippen molar-refractivity contribution in [2.75, 3.05) is 14.1 Å². The minimum absolute atomic E-state index is 0.361. The third-order valence-electron chi connectivity index (χ3n) is 3.76. The van der Waals surface area contributed by atoms with Crippen molar-refractivity contribution in [2.45, 2.75) is 33.7 Å². The SMILES string of the molecule is CN=C(NC)NC1C(C)(C)C1(C)C. The van der Waals surface area contributed by atoms with Crippen LogP contribution in [-0.2, 0) is 0 Å². The van der Waals surface area contributed by atoms with Crippen molar-refractivity contribution in [2.24, 2.45) is 15.8 Å². The van der Waals surface area contributed by atoms with E-state index in [-0.39, 0.29) is 0 Å². The van der Waals surface area contributed by atoms with E-state index in [1.807, 2.05) is 7.05 Å². The Morgan fingerprint density at radius 2 is 1.62 bits per heavy atom. The summed E-state index contributed by atoms with van der Waals surface area (Å²) in [6.45, 7) is 9.14. The third kappa shape index (κ3) is 1.40. The van der Waals surface area contributed by atoms with Crippen LogP contribution in [0.3, 0.4) is 0 Å². The summed E-state index contributed by atoms with van der Waals surface area (Å²) < 4.78 is 0. The van der Waals surface area contributed by atoms with E-state index in [0.717, 1.165) is 5.96 Å². The van der Waals surface area contributed by atoms with Crippen LogP contribution < -0.4 is 10.6 Å². The molecule has 1 fully saturated rings. The highest BCUT2D eigenvalue weighted by molar-refractivity contribution is 5.80. The quantitative estimate of drug-likeness (QED) is 0.473. The number of aliphatic imine (C=N–C) groups is 1. The zero-order chi connectivity index (χ0) is 10.3. The molecule has 0 saturated heterocycles. The molecule has 76 valence electrons. The maximum Gasteiger partial charge on any atom is 0.190 e. The minimum atomic E-state index is 0.361. The highest BCUT2D eigenvalue weighted by Gasteiger charge is 2.65. The molecule has 1 aliphatic carbocycles. The van der Waals surface area contributed by atoms with Crippen LogP contribution in [0, 0.1) is 10.8 Å². The summed E-state index contributed by atoms with van der Waals surface area (Å²) in [6, 6.07) is 0.520. The first-order valence-electron chi connectivity index (χ1n) is 4.79. The number of guanidine groups is 1. The van der Waals surface area contributed by atoms with E-state index < -0.39 is 0 Å². The molecule has 0 aromatic carbocycles. The first-order chi connectivity index (χ1) is 5.87. The van der Waals surface area contributed by atoms with Gasteiger partial charge in [0, 0.05) is 20.1 Å². The Kier molecular flexibility index (Phi) is 2.30. The molecule has 3 nitrogen and oxygen atoms in total. The van der Waals surface area contributed by atoms with Crippen LogP contribution in [0.25, 0.3) is 0 Å². The molecular formula is C10H21N3. The molecule has 0 bridgehead atoms. The predicted octanol–water partition coefficient (Wildman–Crippen LogP) is 1.22. The minimum Gasteiger partial charge on any atom is -0.359 e. The lowest BCUT2D eigenvalue weighted by Crippen LogP contribution is -2.38. The fraction of sp³-hybridized carbons (Fsp3) is 0.900. The molecule has 0 radical (unpaired) electrons. The van der Waals surface area contributed by atoms with Gasteiger partial charge in [-0.3, -0.25) is 4.99 Å². The van der Waals surface area contributed by atoms with Gasteiger partial charge in [-0.05, 0) is 10.8 Å². The van der Waals surface area contributed by atoms with Gasteiger partial charge in [0.05, 0.1) is 0 Å². The second-order valence-corrected chi connectivity index (χ2v) is 4.84. The summed E-state index contributed by atoms with van der Waals surface area (Å²) in [7, 11) is 3.68. The Labute approximate surface area is 81.0 Å². The van der Waals surface area contributed by atoms with E-state index in [4.69, 9.17) is 0 Å². The van der Waals surface area contributed by atoms with E-state index in [9.17, 15) is 0 Å². The van der Waals surface area contributed by atoms with E-state index in [0.29, 0.717) is 16.9 Å². The van der Waals surface area contributed by atoms with Gasteiger partial charge < -0.3 is 10.6 Å². The molecule has 0 spiro atoms. The first-order valence-corrected chi connectivity index (χ1v) is 4.79. The number of hydrogen-bond donors (Lipinski definition) is 2. The summed E-state index contributed by atoms with van der Waals surface area (Å²) >= 11 is 0. The highest BCUT2D eigenvalue weighted by Crippen LogP contribution is 2.62. The fourth-order valence-corrected chi connectivity index (χ4v) is 1.94. The maximum atomic E-state index is 4.11. The zero-order valence-electron chi connectivity index (χ0n) is 9.52. The van der Waals surface area contributed by atoms with Crippen LogP contribution in [-0.4, -0.2) is 26.1 Å². The summed E-state index contributed by atoms with van der Waals surface area (Å²) in [4.78, 5) is 4.11. The Morgan fingerprint density at radius 3 is 1.85 bits per heavy atom. The zero-order valence-corrected chi connectivity index (χ0v) is 9.52. The van der Waals surface area contributed by atoms with Gasteiger partial charge in [-0.15, -0.1) is 0 Å². The lowest BCUT2D eigenvalue weighted by molar-refractivity contribution is 0.457. The van der Waals surface area contributed by atoms with Gasteiger partial charge in [-0.2, -0.15) is 0 Å². The van der Waals surface area contributed by atoms with Crippen molar-refractivity contribution < 1.29 is 0 Å². The molecule has 13 heavy (non-hydrogen) atoms. The van der Waals surface area contributed by atoms with Crippen molar-refractivity contribution >= 4 is 5.96 Å². The Morgan fingerprint density at radius 1 is 1.15 bits per heavy atom. The van der Waals surface area contributed by atoms with Crippen molar-refractivity contribution in [1.29, 1.82) is 0 Å². The maximum absolute atomic E-state index is 4.11. The number of nitrogens with one attached hydrogen (secondary N) is 2. The first kappa shape index (κ1) is 10.4. The molecule has 0 aromatic heterocycles. The fourth-order valence-electron chi connectivity index (χ4n) is 1.94. The van der Waals surface area contributed by atoms with Crippen molar-refractivity contribution in [3.63, 3.8) is 0 Å². The largest absolute Gasteiger partial charge is 0.359 e. The number of rotatable bonds is 1. The summed E-state index contributed by atoms with van der Waals surface area (Å²) in [5, 5.41) is 6.45. The van der Waals surface area contributed by atoms with E-state index in [2.05, 4.69) is 43.3 Å². The van der Waals surface area contributed by atoms with Gasteiger partial charge >= 0.3 is 0 Å². The normalized spacial score (nSPS) is 25.5. The molecule has 3 heteroatoms. The molecular weight excluding hydrogens is 162 g/mol. The molecule has 1 saturated carbocycles. The van der Waals surface area contributed by atoms with Gasteiger partial charge in [-0.25, -0.2) is 0 Å². The molecule has 0 atom stereocenters. The van der Waals surface area contributed by atoms with E-state index >= 15 is 0 Å². The van der Waals surface area contributed by atoms with Crippen molar-refractivity contribution in [3.05, 3.63) is 0 Å². The van der Waals surface area contributed by atoms with Gasteiger partial charge in [0.15, 0.2) is 5.96 Å². The van der Waals surface area contributed by atoms with Crippen LogP contribution in [0.15, 0.2) is 4.99 Å². The Balaban J connectivity index is 2.60. The molecule has 0 unspecified atom stereocenters. The standard InChI is InChI=1S/C10H21N3/c1-9(2)7(10(9,3)4)13-8(11-5)12-6/h7H,1-6H3,(H2,11,12,13). The van der Waals surface area contributed by atoms with Gasteiger partial charge in [0.2, 0.25) is 0 Å². The molecule has 1 aliphatic rings.